The lowest BCUT2D eigenvalue weighted by molar-refractivity contribution is -0.131. The first-order chi connectivity index (χ1) is 8.22. The molecule has 0 aromatic heterocycles. The van der Waals surface area contributed by atoms with E-state index in [0.29, 0.717) is 12.5 Å². The Balaban J connectivity index is 1.49. The fraction of sp³-hybridized carbons (Fsp3) is 0.923. The van der Waals surface area contributed by atoms with E-state index in [2.05, 4.69) is 16.8 Å². The molecule has 0 saturated carbocycles. The summed E-state index contributed by atoms with van der Waals surface area (Å²) in [4.78, 5) is 18.9. The molecule has 0 bridgehead atoms. The molecule has 3 fully saturated rings. The number of likely N-dealkylation sites (tertiary alicyclic amines) is 3. The number of rotatable bonds is 2. The number of fused-ring (bicyclic) bond motifs is 1. The van der Waals surface area contributed by atoms with E-state index < -0.39 is 0 Å². The molecule has 4 heteroatoms. The Bertz CT molecular complexity index is 287. The minimum Gasteiger partial charge on any atom is -0.342 e. The summed E-state index contributed by atoms with van der Waals surface area (Å²) in [7, 11) is 2.21. The van der Waals surface area contributed by atoms with Crippen molar-refractivity contribution in [1.29, 1.82) is 0 Å². The predicted octanol–water partition coefficient (Wildman–Crippen LogP) is 0.102. The zero-order chi connectivity index (χ0) is 11.8. The molecule has 2 atom stereocenters. The van der Waals surface area contributed by atoms with Gasteiger partial charge in [0.1, 0.15) is 0 Å². The van der Waals surface area contributed by atoms with Crippen molar-refractivity contribution in [1.82, 2.24) is 14.7 Å². The molecule has 0 aromatic carbocycles. The van der Waals surface area contributed by atoms with Crippen LogP contribution in [0.5, 0.6) is 0 Å². The van der Waals surface area contributed by atoms with Gasteiger partial charge in [-0.05, 0) is 31.7 Å². The third-order valence-corrected chi connectivity index (χ3v) is 4.56. The minimum absolute atomic E-state index is 0.357. The molecule has 0 radical (unpaired) electrons. The Hall–Kier alpha value is -0.610. The number of carbonyl (C=O) groups is 1. The van der Waals surface area contributed by atoms with E-state index >= 15 is 0 Å². The smallest absolute Gasteiger partial charge is 0.236 e. The van der Waals surface area contributed by atoms with Gasteiger partial charge < -0.3 is 9.80 Å². The van der Waals surface area contributed by atoms with E-state index in [1.165, 1.54) is 25.9 Å². The van der Waals surface area contributed by atoms with Crippen molar-refractivity contribution in [3.63, 3.8) is 0 Å². The van der Waals surface area contributed by atoms with Crippen LogP contribution >= 0.6 is 0 Å². The quantitative estimate of drug-likeness (QED) is 0.682. The van der Waals surface area contributed by atoms with Gasteiger partial charge in [-0.3, -0.25) is 9.69 Å². The maximum absolute atomic E-state index is 12.1. The molecule has 96 valence electrons. The lowest BCUT2D eigenvalue weighted by Gasteiger charge is -2.22. The monoisotopic (exact) mass is 237 g/mol. The first-order valence-corrected chi connectivity index (χ1v) is 6.91. The van der Waals surface area contributed by atoms with Crippen LogP contribution in [-0.2, 0) is 4.79 Å². The minimum atomic E-state index is 0.357. The molecule has 2 unspecified atom stereocenters. The van der Waals surface area contributed by atoms with Crippen LogP contribution in [0.4, 0.5) is 0 Å². The largest absolute Gasteiger partial charge is 0.342 e. The van der Waals surface area contributed by atoms with Gasteiger partial charge in [0.15, 0.2) is 0 Å². The molecule has 1 amide bonds. The number of carbonyl (C=O) groups excluding carboxylic acids is 1. The highest BCUT2D eigenvalue weighted by Gasteiger charge is 2.39. The van der Waals surface area contributed by atoms with Gasteiger partial charge in [-0.15, -0.1) is 0 Å². The summed E-state index contributed by atoms with van der Waals surface area (Å²) in [6.07, 6.45) is 2.39. The molecule has 0 aliphatic carbocycles. The maximum atomic E-state index is 12.1. The van der Waals surface area contributed by atoms with Crippen molar-refractivity contribution < 1.29 is 4.79 Å². The molecule has 17 heavy (non-hydrogen) atoms. The van der Waals surface area contributed by atoms with Crippen molar-refractivity contribution >= 4 is 5.91 Å². The zero-order valence-corrected chi connectivity index (χ0v) is 10.8. The molecule has 0 spiro atoms. The molecular weight excluding hydrogens is 214 g/mol. The van der Waals surface area contributed by atoms with Gasteiger partial charge in [0.2, 0.25) is 5.91 Å². The van der Waals surface area contributed by atoms with E-state index in [0.717, 1.165) is 38.0 Å². The second-order valence-corrected chi connectivity index (χ2v) is 6.02. The van der Waals surface area contributed by atoms with Crippen LogP contribution in [0, 0.1) is 11.8 Å². The SMILES string of the molecule is CN1CC2CN(CC(=O)N3CCCC3)CC2C1. The molecule has 0 aromatic rings. The van der Waals surface area contributed by atoms with Crippen LogP contribution in [0.25, 0.3) is 0 Å². The number of hydrogen-bond donors (Lipinski definition) is 0. The zero-order valence-electron chi connectivity index (χ0n) is 10.8. The van der Waals surface area contributed by atoms with Crippen molar-refractivity contribution in [3.8, 4) is 0 Å². The lowest BCUT2D eigenvalue weighted by Crippen LogP contribution is -2.39. The highest BCUT2D eigenvalue weighted by molar-refractivity contribution is 5.78. The summed E-state index contributed by atoms with van der Waals surface area (Å²) in [6.45, 7) is 7.35. The summed E-state index contributed by atoms with van der Waals surface area (Å²) < 4.78 is 0. The average Bonchev–Trinajstić information content (AvgIpc) is 2.91. The number of hydrogen-bond acceptors (Lipinski definition) is 3. The van der Waals surface area contributed by atoms with E-state index in [-0.39, 0.29) is 0 Å². The Morgan fingerprint density at radius 2 is 1.65 bits per heavy atom. The highest BCUT2D eigenvalue weighted by atomic mass is 16.2. The summed E-state index contributed by atoms with van der Waals surface area (Å²) in [6, 6.07) is 0. The molecule has 3 heterocycles. The molecule has 3 aliphatic rings. The summed E-state index contributed by atoms with van der Waals surface area (Å²) in [5, 5.41) is 0. The van der Waals surface area contributed by atoms with Crippen molar-refractivity contribution in [3.05, 3.63) is 0 Å². The van der Waals surface area contributed by atoms with Crippen molar-refractivity contribution in [2.24, 2.45) is 11.8 Å². The highest BCUT2D eigenvalue weighted by Crippen LogP contribution is 2.29. The molecule has 4 nitrogen and oxygen atoms in total. The Labute approximate surface area is 104 Å². The van der Waals surface area contributed by atoms with Crippen LogP contribution in [0.1, 0.15) is 12.8 Å². The van der Waals surface area contributed by atoms with Crippen LogP contribution in [0.15, 0.2) is 0 Å². The summed E-state index contributed by atoms with van der Waals surface area (Å²) in [5.41, 5.74) is 0. The summed E-state index contributed by atoms with van der Waals surface area (Å²) >= 11 is 0. The normalized spacial score (nSPS) is 34.5. The standard InChI is InChI=1S/C13H23N3O/c1-14-6-11-8-15(9-12(11)7-14)10-13(17)16-4-2-3-5-16/h11-12H,2-10H2,1H3. The Morgan fingerprint density at radius 3 is 2.24 bits per heavy atom. The summed E-state index contributed by atoms with van der Waals surface area (Å²) in [5.74, 6) is 1.98. The van der Waals surface area contributed by atoms with Crippen LogP contribution in [0.2, 0.25) is 0 Å². The predicted molar refractivity (Wildman–Crippen MR) is 66.7 cm³/mol. The van der Waals surface area contributed by atoms with Gasteiger partial charge in [-0.25, -0.2) is 0 Å². The first-order valence-electron chi connectivity index (χ1n) is 6.91. The van der Waals surface area contributed by atoms with Gasteiger partial charge in [0, 0.05) is 39.3 Å². The molecule has 0 N–H and O–H groups in total. The van der Waals surface area contributed by atoms with E-state index in [4.69, 9.17) is 0 Å². The molecular formula is C13H23N3O. The molecule has 3 rings (SSSR count). The van der Waals surface area contributed by atoms with Crippen LogP contribution in [-0.4, -0.2) is 73.5 Å². The van der Waals surface area contributed by atoms with Crippen molar-refractivity contribution in [2.45, 2.75) is 12.8 Å². The maximum Gasteiger partial charge on any atom is 0.236 e. The number of nitrogens with zero attached hydrogens (tertiary/aromatic N) is 3. The van der Waals surface area contributed by atoms with Crippen LogP contribution < -0.4 is 0 Å². The molecule has 3 saturated heterocycles. The van der Waals surface area contributed by atoms with Crippen LogP contribution in [0.3, 0.4) is 0 Å². The van der Waals surface area contributed by atoms with Gasteiger partial charge in [0.25, 0.3) is 0 Å². The van der Waals surface area contributed by atoms with Gasteiger partial charge in [-0.1, -0.05) is 0 Å². The third kappa shape index (κ3) is 2.33. The van der Waals surface area contributed by atoms with Gasteiger partial charge in [0.05, 0.1) is 6.54 Å². The Morgan fingerprint density at radius 1 is 1.06 bits per heavy atom. The molecule has 3 aliphatic heterocycles. The van der Waals surface area contributed by atoms with Crippen molar-refractivity contribution in [2.75, 3.05) is 52.9 Å². The first kappa shape index (κ1) is 11.5. The van der Waals surface area contributed by atoms with E-state index in [1.807, 2.05) is 4.90 Å². The topological polar surface area (TPSA) is 26.8 Å². The van der Waals surface area contributed by atoms with Gasteiger partial charge >= 0.3 is 0 Å². The van der Waals surface area contributed by atoms with E-state index in [1.54, 1.807) is 0 Å². The fourth-order valence-electron chi connectivity index (χ4n) is 3.71. The second kappa shape index (κ2) is 4.58. The third-order valence-electron chi connectivity index (χ3n) is 4.56. The lowest BCUT2D eigenvalue weighted by atomic mass is 10.0. The van der Waals surface area contributed by atoms with E-state index in [9.17, 15) is 4.79 Å². The number of amides is 1. The van der Waals surface area contributed by atoms with Gasteiger partial charge in [-0.2, -0.15) is 0 Å². The Kier molecular flexibility index (Phi) is 3.09. The average molecular weight is 237 g/mol. The second-order valence-electron chi connectivity index (χ2n) is 6.02. The fourth-order valence-corrected chi connectivity index (χ4v) is 3.71.